The highest BCUT2D eigenvalue weighted by Crippen LogP contribution is 2.22. The van der Waals surface area contributed by atoms with Gasteiger partial charge in [0.1, 0.15) is 5.01 Å². The van der Waals surface area contributed by atoms with Crippen molar-refractivity contribution in [3.63, 3.8) is 0 Å². The second-order valence-corrected chi connectivity index (χ2v) is 7.74. The van der Waals surface area contributed by atoms with Crippen molar-refractivity contribution in [2.75, 3.05) is 32.7 Å². The van der Waals surface area contributed by atoms with Crippen molar-refractivity contribution in [2.24, 2.45) is 0 Å². The van der Waals surface area contributed by atoms with Crippen LogP contribution in [0.1, 0.15) is 18.9 Å². The molecule has 1 aliphatic rings. The summed E-state index contributed by atoms with van der Waals surface area (Å²) in [7, 11) is 0. The zero-order valence-electron chi connectivity index (χ0n) is 15.1. The average molecular weight is 372 g/mol. The molecular weight excluding hydrogens is 348 g/mol. The monoisotopic (exact) mass is 372 g/mol. The highest BCUT2D eigenvalue weighted by Gasteiger charge is 2.21. The molecule has 7 heteroatoms. The first-order chi connectivity index (χ1) is 12.5. The summed E-state index contributed by atoms with van der Waals surface area (Å²) in [5.41, 5.74) is 0.956. The van der Waals surface area contributed by atoms with Crippen LogP contribution in [0.2, 0.25) is 0 Å². The number of hydrogen-bond acceptors (Lipinski definition) is 5. The Bertz CT molecular complexity index is 774. The molecule has 0 atom stereocenters. The van der Waals surface area contributed by atoms with Crippen LogP contribution >= 0.6 is 11.3 Å². The number of benzene rings is 1. The molecule has 6 nitrogen and oxygen atoms in total. The fourth-order valence-electron chi connectivity index (χ4n) is 2.91. The van der Waals surface area contributed by atoms with E-state index in [1.54, 1.807) is 23.5 Å². The Hall–Kier alpha value is -2.25. The molecule has 1 aromatic carbocycles. The normalized spacial score (nSPS) is 15.9. The molecule has 0 radical (unpaired) electrons. The highest BCUT2D eigenvalue weighted by atomic mass is 32.1. The Morgan fingerprint density at radius 3 is 2.65 bits per heavy atom. The van der Waals surface area contributed by atoms with Gasteiger partial charge in [0, 0.05) is 38.3 Å². The first kappa shape index (κ1) is 18.5. The summed E-state index contributed by atoms with van der Waals surface area (Å²) in [6.45, 7) is 6.99. The lowest BCUT2D eigenvalue weighted by molar-refractivity contribution is -0.128. The average Bonchev–Trinajstić information content (AvgIpc) is 3.02. The summed E-state index contributed by atoms with van der Waals surface area (Å²) in [6, 6.07) is 8.10. The van der Waals surface area contributed by atoms with Crippen LogP contribution < -0.4 is 5.32 Å². The summed E-state index contributed by atoms with van der Waals surface area (Å²) in [5.74, 6) is 0.0334. The first-order valence-electron chi connectivity index (χ1n) is 8.85. The first-order valence-corrected chi connectivity index (χ1v) is 9.67. The van der Waals surface area contributed by atoms with Gasteiger partial charge >= 0.3 is 0 Å². The van der Waals surface area contributed by atoms with E-state index in [1.165, 1.54) is 0 Å². The molecule has 1 N–H and O–H groups in total. The number of hydrogen-bond donors (Lipinski definition) is 1. The number of nitrogens with zero attached hydrogens (tertiary/aromatic N) is 3. The van der Waals surface area contributed by atoms with Gasteiger partial charge < -0.3 is 10.2 Å². The second-order valence-electron chi connectivity index (χ2n) is 6.68. The van der Waals surface area contributed by atoms with Crippen LogP contribution in [0.5, 0.6) is 0 Å². The van der Waals surface area contributed by atoms with Gasteiger partial charge in [0.05, 0.1) is 16.8 Å². The molecule has 0 aliphatic carbocycles. The summed E-state index contributed by atoms with van der Waals surface area (Å²) in [6.07, 6.45) is 3.38. The van der Waals surface area contributed by atoms with Gasteiger partial charge in [-0.05, 0) is 32.1 Å². The summed E-state index contributed by atoms with van der Waals surface area (Å²) < 4.78 is 1.12. The predicted octanol–water partition coefficient (Wildman–Crippen LogP) is 1.98. The third kappa shape index (κ3) is 4.89. The predicted molar refractivity (Wildman–Crippen MR) is 105 cm³/mol. The van der Waals surface area contributed by atoms with Crippen LogP contribution in [0.4, 0.5) is 0 Å². The maximum Gasteiger partial charge on any atom is 0.246 e. The zero-order chi connectivity index (χ0) is 18.5. The molecule has 138 valence electrons. The summed E-state index contributed by atoms with van der Waals surface area (Å²) >= 11 is 1.58. The summed E-state index contributed by atoms with van der Waals surface area (Å²) in [4.78, 5) is 32.6. The number of para-hydroxylation sites is 1. The summed E-state index contributed by atoms with van der Waals surface area (Å²) in [5, 5.41) is 3.73. The molecule has 0 saturated carbocycles. The third-order valence-corrected chi connectivity index (χ3v) is 5.18. The van der Waals surface area contributed by atoms with Gasteiger partial charge in [-0.1, -0.05) is 12.1 Å². The van der Waals surface area contributed by atoms with Crippen molar-refractivity contribution in [3.8, 4) is 0 Å². The Labute approximate surface area is 157 Å². The number of carbonyl (C=O) groups is 2. The van der Waals surface area contributed by atoms with E-state index in [-0.39, 0.29) is 17.9 Å². The molecule has 2 amide bonds. The van der Waals surface area contributed by atoms with Gasteiger partial charge in [0.15, 0.2) is 0 Å². The quantitative estimate of drug-likeness (QED) is 0.815. The zero-order valence-corrected chi connectivity index (χ0v) is 16.0. The largest absolute Gasteiger partial charge is 0.353 e. The highest BCUT2D eigenvalue weighted by molar-refractivity contribution is 7.19. The molecule has 0 spiro atoms. The molecule has 0 unspecified atom stereocenters. The van der Waals surface area contributed by atoms with Crippen molar-refractivity contribution >= 4 is 39.4 Å². The minimum Gasteiger partial charge on any atom is -0.353 e. The minimum absolute atomic E-state index is 0.00413. The number of fused-ring (bicyclic) bond motifs is 1. The minimum atomic E-state index is -0.00413. The number of carbonyl (C=O) groups excluding carboxylic acids is 2. The van der Waals surface area contributed by atoms with Gasteiger partial charge in [-0.25, -0.2) is 4.98 Å². The lowest BCUT2D eigenvalue weighted by Crippen LogP contribution is -2.51. The Balaban J connectivity index is 1.49. The fourth-order valence-corrected chi connectivity index (χ4v) is 3.78. The smallest absolute Gasteiger partial charge is 0.246 e. The number of amides is 2. The number of piperazine rings is 1. The van der Waals surface area contributed by atoms with E-state index in [1.807, 2.05) is 43.0 Å². The molecule has 1 saturated heterocycles. The van der Waals surface area contributed by atoms with E-state index in [0.29, 0.717) is 32.7 Å². The number of rotatable bonds is 5. The van der Waals surface area contributed by atoms with E-state index in [4.69, 9.17) is 0 Å². The van der Waals surface area contributed by atoms with E-state index in [9.17, 15) is 9.59 Å². The molecule has 2 aromatic rings. The molecule has 3 rings (SSSR count). The van der Waals surface area contributed by atoms with Crippen LogP contribution in [0.25, 0.3) is 16.3 Å². The standard InChI is InChI=1S/C19H24N4O2S/c1-14(2)20-17(24)13-22-9-11-23(12-10-22)19(25)8-7-18-21-15-5-3-4-6-16(15)26-18/h3-8,14H,9-13H2,1-2H3,(H,20,24)/b8-7+. The van der Waals surface area contributed by atoms with Gasteiger partial charge in [-0.2, -0.15) is 0 Å². The van der Waals surface area contributed by atoms with E-state index in [2.05, 4.69) is 15.2 Å². The number of thiazole rings is 1. The topological polar surface area (TPSA) is 65.5 Å². The lowest BCUT2D eigenvalue weighted by atomic mass is 10.3. The van der Waals surface area contributed by atoms with Crippen molar-refractivity contribution < 1.29 is 9.59 Å². The van der Waals surface area contributed by atoms with Gasteiger partial charge in [-0.3, -0.25) is 14.5 Å². The SMILES string of the molecule is CC(C)NC(=O)CN1CCN(C(=O)/C=C/c2nc3ccccc3s2)CC1. The van der Waals surface area contributed by atoms with Crippen LogP contribution in [0.3, 0.4) is 0 Å². The van der Waals surface area contributed by atoms with Crippen LogP contribution in [-0.2, 0) is 9.59 Å². The number of aromatic nitrogens is 1. The van der Waals surface area contributed by atoms with E-state index >= 15 is 0 Å². The van der Waals surface area contributed by atoms with Gasteiger partial charge in [0.25, 0.3) is 0 Å². The maximum atomic E-state index is 12.4. The lowest BCUT2D eigenvalue weighted by Gasteiger charge is -2.33. The molecule has 1 aromatic heterocycles. The molecule has 1 aliphatic heterocycles. The Morgan fingerprint density at radius 1 is 1.23 bits per heavy atom. The van der Waals surface area contributed by atoms with Crippen LogP contribution in [-0.4, -0.2) is 65.4 Å². The van der Waals surface area contributed by atoms with Crippen molar-refractivity contribution in [1.82, 2.24) is 20.1 Å². The Morgan fingerprint density at radius 2 is 1.96 bits per heavy atom. The van der Waals surface area contributed by atoms with E-state index in [0.717, 1.165) is 15.2 Å². The number of nitrogens with one attached hydrogen (secondary N) is 1. The molecular formula is C19H24N4O2S. The third-order valence-electron chi connectivity index (χ3n) is 4.18. The second kappa shape index (κ2) is 8.42. The maximum absolute atomic E-state index is 12.4. The van der Waals surface area contributed by atoms with Crippen molar-refractivity contribution in [3.05, 3.63) is 35.3 Å². The molecule has 0 bridgehead atoms. The van der Waals surface area contributed by atoms with E-state index < -0.39 is 0 Å². The fraction of sp³-hybridized carbons (Fsp3) is 0.421. The van der Waals surface area contributed by atoms with Crippen LogP contribution in [0, 0.1) is 0 Å². The van der Waals surface area contributed by atoms with Crippen molar-refractivity contribution in [2.45, 2.75) is 19.9 Å². The van der Waals surface area contributed by atoms with Gasteiger partial charge in [0.2, 0.25) is 11.8 Å². The Kier molecular flexibility index (Phi) is 6.00. The molecule has 2 heterocycles. The van der Waals surface area contributed by atoms with Crippen LogP contribution in [0.15, 0.2) is 30.3 Å². The van der Waals surface area contributed by atoms with Gasteiger partial charge in [-0.15, -0.1) is 11.3 Å². The molecule has 26 heavy (non-hydrogen) atoms. The van der Waals surface area contributed by atoms with Crippen molar-refractivity contribution in [1.29, 1.82) is 0 Å². The molecule has 1 fully saturated rings.